The average Bonchev–Trinajstić information content (AvgIpc) is 2.89. The monoisotopic (exact) mass is 504 g/mol. The van der Waals surface area contributed by atoms with Gasteiger partial charge in [0.05, 0.1) is 32.5 Å². The number of aliphatic hydroxyl groups excluding tert-OH is 2. The van der Waals surface area contributed by atoms with Gasteiger partial charge in [0.15, 0.2) is 23.0 Å². The quantitative estimate of drug-likeness (QED) is 0.278. The van der Waals surface area contributed by atoms with Crippen LogP contribution in [0.15, 0.2) is 30.3 Å². The topological polar surface area (TPSA) is 118 Å². The first kappa shape index (κ1) is 27.9. The van der Waals surface area contributed by atoms with Crippen LogP contribution in [-0.2, 0) is 17.6 Å². The highest BCUT2D eigenvalue weighted by atomic mass is 16.6. The minimum Gasteiger partial charge on any atom is -0.504 e. The third-order valence-electron chi connectivity index (χ3n) is 6.78. The molecule has 1 aliphatic carbocycles. The van der Waals surface area contributed by atoms with Crippen molar-refractivity contribution in [2.45, 2.75) is 82.5 Å². The first-order valence-electron chi connectivity index (χ1n) is 12.8. The van der Waals surface area contributed by atoms with E-state index in [0.717, 1.165) is 36.8 Å². The highest BCUT2D eigenvalue weighted by molar-refractivity contribution is 5.52. The van der Waals surface area contributed by atoms with Crippen molar-refractivity contribution in [3.63, 3.8) is 0 Å². The number of hydrogen-bond donors (Lipinski definition) is 4. The van der Waals surface area contributed by atoms with E-state index in [1.807, 2.05) is 12.1 Å². The molecule has 0 heterocycles. The molecule has 2 atom stereocenters. The van der Waals surface area contributed by atoms with Crippen LogP contribution in [0.1, 0.15) is 62.5 Å². The smallest absolute Gasteiger partial charge is 0.200 e. The molecule has 0 amide bonds. The Morgan fingerprint density at radius 2 is 1.50 bits per heavy atom. The van der Waals surface area contributed by atoms with E-state index in [9.17, 15) is 20.4 Å². The summed E-state index contributed by atoms with van der Waals surface area (Å²) in [5.74, 6) is 1.24. The minimum atomic E-state index is -0.641. The lowest BCUT2D eigenvalue weighted by molar-refractivity contribution is -0.0690. The second-order valence-electron chi connectivity index (χ2n) is 9.41. The molecule has 2 aromatic rings. The van der Waals surface area contributed by atoms with Crippen LogP contribution in [0.25, 0.3) is 0 Å². The average molecular weight is 505 g/mol. The van der Waals surface area contributed by atoms with Gasteiger partial charge in [-0.1, -0.05) is 12.5 Å². The predicted molar refractivity (Wildman–Crippen MR) is 136 cm³/mol. The number of aromatic hydroxyl groups is 2. The lowest BCUT2D eigenvalue weighted by atomic mass is 9.97. The fraction of sp³-hybridized carbons (Fsp3) is 0.571. The van der Waals surface area contributed by atoms with E-state index in [1.165, 1.54) is 20.6 Å². The van der Waals surface area contributed by atoms with Crippen LogP contribution in [0.4, 0.5) is 0 Å². The van der Waals surface area contributed by atoms with Gasteiger partial charge in [-0.05, 0) is 93.2 Å². The van der Waals surface area contributed by atoms with Crippen LogP contribution in [0, 0.1) is 0 Å². The number of rotatable bonds is 14. The molecule has 0 unspecified atom stereocenters. The van der Waals surface area contributed by atoms with Crippen molar-refractivity contribution in [2.75, 3.05) is 21.0 Å². The molecule has 1 saturated carbocycles. The molecule has 0 aromatic heterocycles. The second kappa shape index (κ2) is 14.2. The Balaban J connectivity index is 1.53. The Hall–Kier alpha value is -2.68. The van der Waals surface area contributed by atoms with Crippen molar-refractivity contribution in [3.05, 3.63) is 41.5 Å². The number of phenols is 2. The molecule has 8 nitrogen and oxygen atoms in total. The van der Waals surface area contributed by atoms with Crippen LogP contribution in [0.2, 0.25) is 0 Å². The van der Waals surface area contributed by atoms with E-state index >= 15 is 0 Å². The molecular formula is C28H40O8. The Bertz CT molecular complexity index is 916. The molecule has 0 spiro atoms. The minimum absolute atomic E-state index is 0.0535. The highest BCUT2D eigenvalue weighted by Gasteiger charge is 2.19. The molecule has 0 aliphatic heterocycles. The third kappa shape index (κ3) is 8.18. The largest absolute Gasteiger partial charge is 0.504 e. The summed E-state index contributed by atoms with van der Waals surface area (Å²) in [5, 5.41) is 40.3. The zero-order valence-electron chi connectivity index (χ0n) is 21.3. The molecule has 0 saturated heterocycles. The summed E-state index contributed by atoms with van der Waals surface area (Å²) in [7, 11) is 2.95. The summed E-state index contributed by atoms with van der Waals surface area (Å²) in [6.45, 7) is -0.421. The first-order chi connectivity index (χ1) is 17.4. The van der Waals surface area contributed by atoms with Crippen LogP contribution < -0.4 is 14.2 Å². The number of aryl methyl sites for hydroxylation is 2. The van der Waals surface area contributed by atoms with Crippen molar-refractivity contribution in [1.29, 1.82) is 0 Å². The van der Waals surface area contributed by atoms with Crippen LogP contribution in [0.3, 0.4) is 0 Å². The van der Waals surface area contributed by atoms with Gasteiger partial charge in [-0.15, -0.1) is 0 Å². The summed E-state index contributed by atoms with van der Waals surface area (Å²) >= 11 is 0. The lowest BCUT2D eigenvalue weighted by Crippen LogP contribution is -2.23. The van der Waals surface area contributed by atoms with Gasteiger partial charge < -0.3 is 39.4 Å². The molecule has 1 fully saturated rings. The van der Waals surface area contributed by atoms with Crippen LogP contribution >= 0.6 is 0 Å². The lowest BCUT2D eigenvalue weighted by Gasteiger charge is -2.24. The second-order valence-corrected chi connectivity index (χ2v) is 9.41. The highest BCUT2D eigenvalue weighted by Crippen LogP contribution is 2.37. The predicted octanol–water partition coefficient (Wildman–Crippen LogP) is 4.48. The van der Waals surface area contributed by atoms with E-state index in [4.69, 9.17) is 18.9 Å². The maximum absolute atomic E-state index is 10.6. The number of aliphatic hydroxyl groups is 2. The van der Waals surface area contributed by atoms with E-state index in [0.29, 0.717) is 49.4 Å². The van der Waals surface area contributed by atoms with Gasteiger partial charge in [0, 0.05) is 0 Å². The summed E-state index contributed by atoms with van der Waals surface area (Å²) in [4.78, 5) is 0. The molecule has 0 bridgehead atoms. The number of hydrogen-bond acceptors (Lipinski definition) is 8. The number of ether oxygens (including phenoxy) is 4. The zero-order valence-corrected chi connectivity index (χ0v) is 21.3. The van der Waals surface area contributed by atoms with Crippen molar-refractivity contribution in [3.8, 4) is 28.7 Å². The maximum atomic E-state index is 10.6. The molecule has 200 valence electrons. The van der Waals surface area contributed by atoms with E-state index in [2.05, 4.69) is 0 Å². The summed E-state index contributed by atoms with van der Waals surface area (Å²) < 4.78 is 22.0. The Morgan fingerprint density at radius 1 is 0.861 bits per heavy atom. The van der Waals surface area contributed by atoms with Gasteiger partial charge in [-0.2, -0.15) is 0 Å². The molecule has 0 radical (unpaired) electrons. The first-order valence-corrected chi connectivity index (χ1v) is 12.8. The normalized spacial score (nSPS) is 15.9. The SMILES string of the molecule is COc1cc(CC[C@H](O)C[C@H](CCc2ccc(O)c(OC3CCCCC3)c2)OCO)cc(OC)c1O. The Kier molecular flexibility index (Phi) is 11.0. The Labute approximate surface area is 213 Å². The van der Waals surface area contributed by atoms with Gasteiger partial charge in [0.25, 0.3) is 0 Å². The van der Waals surface area contributed by atoms with E-state index < -0.39 is 12.9 Å². The molecular weight excluding hydrogens is 464 g/mol. The van der Waals surface area contributed by atoms with Crippen molar-refractivity contribution >= 4 is 0 Å². The van der Waals surface area contributed by atoms with Crippen LogP contribution in [0.5, 0.6) is 28.7 Å². The molecule has 1 aliphatic rings. The number of phenolic OH excluding ortho intramolecular Hbond substituents is 2. The summed E-state index contributed by atoms with van der Waals surface area (Å²) in [6, 6.07) is 8.85. The standard InChI is InChI=1S/C28H40O8/c1-33-26-15-20(16-27(34-2)28(26)32)8-11-21(30)17-23(35-18-29)12-9-19-10-13-24(31)25(14-19)36-22-6-4-3-5-7-22/h10,13-16,21-23,29-32H,3-9,11-12,17-18H2,1-2H3/t21-,23-/m0/s1. The van der Waals surface area contributed by atoms with E-state index in [1.54, 1.807) is 18.2 Å². The van der Waals surface area contributed by atoms with Gasteiger partial charge in [0.2, 0.25) is 5.75 Å². The fourth-order valence-electron chi connectivity index (χ4n) is 4.72. The van der Waals surface area contributed by atoms with Gasteiger partial charge in [-0.3, -0.25) is 0 Å². The summed E-state index contributed by atoms with van der Waals surface area (Å²) in [6.07, 6.45) is 7.41. The zero-order chi connectivity index (χ0) is 25.9. The van der Waals surface area contributed by atoms with Gasteiger partial charge in [-0.25, -0.2) is 0 Å². The maximum Gasteiger partial charge on any atom is 0.200 e. The van der Waals surface area contributed by atoms with E-state index in [-0.39, 0.29) is 23.7 Å². The van der Waals surface area contributed by atoms with Gasteiger partial charge >= 0.3 is 0 Å². The Morgan fingerprint density at radius 3 is 2.14 bits per heavy atom. The molecule has 36 heavy (non-hydrogen) atoms. The van der Waals surface area contributed by atoms with Gasteiger partial charge in [0.1, 0.15) is 6.79 Å². The summed E-state index contributed by atoms with van der Waals surface area (Å²) in [5.41, 5.74) is 1.87. The van der Waals surface area contributed by atoms with Crippen molar-refractivity contribution in [1.82, 2.24) is 0 Å². The van der Waals surface area contributed by atoms with Crippen molar-refractivity contribution < 1.29 is 39.4 Å². The number of methoxy groups -OCH3 is 2. The molecule has 3 rings (SSSR count). The molecule has 8 heteroatoms. The van der Waals surface area contributed by atoms with Crippen LogP contribution in [-0.4, -0.2) is 59.8 Å². The fourth-order valence-corrected chi connectivity index (χ4v) is 4.72. The molecule has 4 N–H and O–H groups in total. The van der Waals surface area contributed by atoms with Crippen molar-refractivity contribution in [2.24, 2.45) is 0 Å². The number of benzene rings is 2. The molecule has 2 aromatic carbocycles. The third-order valence-corrected chi connectivity index (χ3v) is 6.78.